The number of alkyl halides is 1. The number of urea groups is 1. The smallest absolute Gasteiger partial charge is 0.330 e. The standard InChI is InChI=1S/C20H20Br2F2N4O2S/c1-11(25)6-7-17(26)27(2)20(30)28(9-13-15(23)4-3-5-16(13)24)19-14(10-29)12(8-21)18(22)31-19/h3-7,10H,8-9,25-26H2,1-2H3/b11-6-,17-7+. The first-order chi connectivity index (χ1) is 14.6. The highest BCUT2D eigenvalue weighted by Crippen LogP contribution is 2.41. The van der Waals surface area contributed by atoms with E-state index in [1.54, 1.807) is 6.92 Å². The summed E-state index contributed by atoms with van der Waals surface area (Å²) in [6.07, 6.45) is 3.55. The lowest BCUT2D eigenvalue weighted by Crippen LogP contribution is -2.42. The molecule has 0 saturated carbocycles. The number of benzene rings is 1. The minimum Gasteiger partial charge on any atom is -0.402 e. The van der Waals surface area contributed by atoms with E-state index in [0.29, 0.717) is 26.7 Å². The molecule has 0 bridgehead atoms. The molecule has 0 saturated heterocycles. The Bertz CT molecular complexity index is 1030. The summed E-state index contributed by atoms with van der Waals surface area (Å²) in [5.74, 6) is -1.57. The van der Waals surface area contributed by atoms with Gasteiger partial charge in [0.25, 0.3) is 0 Å². The Hall–Kier alpha value is -2.24. The molecule has 166 valence electrons. The molecule has 1 aromatic carbocycles. The summed E-state index contributed by atoms with van der Waals surface area (Å²) in [5.41, 5.74) is 12.6. The highest BCUT2D eigenvalue weighted by Gasteiger charge is 2.29. The van der Waals surface area contributed by atoms with E-state index in [-0.39, 0.29) is 21.9 Å². The highest BCUT2D eigenvalue weighted by molar-refractivity contribution is 9.11. The summed E-state index contributed by atoms with van der Waals surface area (Å²) in [4.78, 5) is 27.4. The van der Waals surface area contributed by atoms with Crippen LogP contribution in [0.2, 0.25) is 0 Å². The van der Waals surface area contributed by atoms with Gasteiger partial charge in [-0.05, 0) is 47.1 Å². The maximum atomic E-state index is 14.4. The number of rotatable bonds is 7. The molecular formula is C20H20Br2F2N4O2S. The van der Waals surface area contributed by atoms with Crippen LogP contribution in [-0.2, 0) is 11.9 Å². The van der Waals surface area contributed by atoms with Gasteiger partial charge >= 0.3 is 6.03 Å². The Morgan fingerprint density at radius 2 is 1.81 bits per heavy atom. The number of amides is 2. The monoisotopic (exact) mass is 576 g/mol. The first-order valence-electron chi connectivity index (χ1n) is 8.82. The van der Waals surface area contributed by atoms with Crippen molar-refractivity contribution >= 4 is 60.5 Å². The van der Waals surface area contributed by atoms with Gasteiger partial charge in [0.1, 0.15) is 22.5 Å². The van der Waals surface area contributed by atoms with Crippen LogP contribution in [0.4, 0.5) is 18.6 Å². The molecule has 6 nitrogen and oxygen atoms in total. The molecule has 11 heteroatoms. The van der Waals surface area contributed by atoms with E-state index in [1.165, 1.54) is 25.3 Å². The average Bonchev–Trinajstić information content (AvgIpc) is 3.05. The molecule has 0 fully saturated rings. The number of carbonyl (C=O) groups excluding carboxylic acids is 2. The van der Waals surface area contributed by atoms with Crippen molar-refractivity contribution in [2.24, 2.45) is 11.5 Å². The molecule has 0 aliphatic rings. The molecule has 0 aliphatic carbocycles. The molecule has 2 amide bonds. The first-order valence-corrected chi connectivity index (χ1v) is 11.5. The van der Waals surface area contributed by atoms with E-state index in [4.69, 9.17) is 11.5 Å². The van der Waals surface area contributed by atoms with Gasteiger partial charge in [-0.2, -0.15) is 0 Å². The minimum absolute atomic E-state index is 0.0535. The zero-order chi connectivity index (χ0) is 23.3. The molecule has 2 aromatic rings. The van der Waals surface area contributed by atoms with Crippen LogP contribution in [0, 0.1) is 11.6 Å². The van der Waals surface area contributed by atoms with Crippen molar-refractivity contribution in [3.63, 3.8) is 0 Å². The zero-order valence-corrected chi connectivity index (χ0v) is 20.7. The number of carbonyl (C=O) groups is 2. The molecule has 1 aromatic heterocycles. The summed E-state index contributed by atoms with van der Waals surface area (Å²) < 4.78 is 29.3. The number of halogens is 4. The van der Waals surface area contributed by atoms with Gasteiger partial charge in [-0.25, -0.2) is 13.6 Å². The molecule has 0 unspecified atom stereocenters. The summed E-state index contributed by atoms with van der Waals surface area (Å²) >= 11 is 7.79. The van der Waals surface area contributed by atoms with Crippen LogP contribution in [0.25, 0.3) is 0 Å². The van der Waals surface area contributed by atoms with Crippen molar-refractivity contribution in [2.45, 2.75) is 18.8 Å². The van der Waals surface area contributed by atoms with Crippen LogP contribution in [0.1, 0.15) is 28.4 Å². The minimum atomic E-state index is -0.811. The molecule has 0 atom stereocenters. The fraction of sp³-hybridized carbons (Fsp3) is 0.200. The molecule has 0 radical (unpaired) electrons. The normalized spacial score (nSPS) is 12.1. The third kappa shape index (κ3) is 5.72. The molecular weight excluding hydrogens is 558 g/mol. The molecule has 31 heavy (non-hydrogen) atoms. The zero-order valence-electron chi connectivity index (χ0n) is 16.7. The Kier molecular flexibility index (Phi) is 8.78. The Morgan fingerprint density at radius 1 is 1.19 bits per heavy atom. The third-order valence-electron chi connectivity index (χ3n) is 4.28. The number of thiophene rings is 1. The Balaban J connectivity index is 2.61. The van der Waals surface area contributed by atoms with E-state index in [1.807, 2.05) is 0 Å². The number of allylic oxidation sites excluding steroid dienone is 3. The van der Waals surface area contributed by atoms with Crippen LogP contribution in [0.15, 0.2) is 45.7 Å². The van der Waals surface area contributed by atoms with E-state index in [0.717, 1.165) is 33.3 Å². The summed E-state index contributed by atoms with van der Waals surface area (Å²) in [6, 6.07) is 2.75. The van der Waals surface area contributed by atoms with Crippen molar-refractivity contribution in [2.75, 3.05) is 11.9 Å². The fourth-order valence-corrected chi connectivity index (χ4v) is 5.54. The SMILES string of the molecule is C/C(N)=C/C=C(\N)N(C)C(=O)N(Cc1c(F)cccc1F)c1sc(Br)c(CBr)c1C=O. The second-order valence-corrected chi connectivity index (χ2v) is 9.33. The highest BCUT2D eigenvalue weighted by atomic mass is 79.9. The third-order valence-corrected chi connectivity index (χ3v) is 6.86. The van der Waals surface area contributed by atoms with Gasteiger partial charge < -0.3 is 11.5 Å². The molecule has 0 aliphatic heterocycles. The van der Waals surface area contributed by atoms with Gasteiger partial charge in [0.05, 0.1) is 15.9 Å². The van der Waals surface area contributed by atoms with Crippen LogP contribution in [-0.4, -0.2) is 24.3 Å². The Labute approximate surface area is 199 Å². The average molecular weight is 578 g/mol. The topological polar surface area (TPSA) is 92.7 Å². The second kappa shape index (κ2) is 10.9. The first kappa shape index (κ1) is 25.0. The van der Waals surface area contributed by atoms with Gasteiger partial charge in [-0.1, -0.05) is 22.0 Å². The maximum absolute atomic E-state index is 14.4. The number of nitrogens with zero attached hydrogens (tertiary/aromatic N) is 2. The van der Waals surface area contributed by atoms with Gasteiger partial charge in [-0.3, -0.25) is 14.6 Å². The Morgan fingerprint density at radius 3 is 2.32 bits per heavy atom. The van der Waals surface area contributed by atoms with Crippen molar-refractivity contribution in [3.05, 3.63) is 74.0 Å². The number of anilines is 1. The fourth-order valence-electron chi connectivity index (χ4n) is 2.57. The van der Waals surface area contributed by atoms with Crippen LogP contribution in [0.3, 0.4) is 0 Å². The van der Waals surface area contributed by atoms with Crippen LogP contribution < -0.4 is 16.4 Å². The summed E-state index contributed by atoms with van der Waals surface area (Å²) in [6.45, 7) is 1.20. The predicted octanol–water partition coefficient (Wildman–Crippen LogP) is 5.22. The van der Waals surface area contributed by atoms with E-state index >= 15 is 0 Å². The quantitative estimate of drug-likeness (QED) is 0.268. The lowest BCUT2D eigenvalue weighted by atomic mass is 10.1. The summed E-state index contributed by atoms with van der Waals surface area (Å²) in [7, 11) is 1.41. The maximum Gasteiger partial charge on any atom is 0.330 e. The number of aldehydes is 1. The van der Waals surface area contributed by atoms with Crippen molar-refractivity contribution in [3.8, 4) is 0 Å². The van der Waals surface area contributed by atoms with Gasteiger partial charge in [0.15, 0.2) is 6.29 Å². The predicted molar refractivity (Wildman–Crippen MR) is 126 cm³/mol. The van der Waals surface area contributed by atoms with E-state index < -0.39 is 24.2 Å². The molecule has 1 heterocycles. The molecule has 0 spiro atoms. The van der Waals surface area contributed by atoms with Crippen LogP contribution >= 0.6 is 43.2 Å². The van der Waals surface area contributed by atoms with Crippen LogP contribution in [0.5, 0.6) is 0 Å². The number of nitrogens with two attached hydrogens (primary N) is 2. The lowest BCUT2D eigenvalue weighted by Gasteiger charge is -2.28. The second-order valence-electron chi connectivity index (χ2n) is 6.45. The van der Waals surface area contributed by atoms with Gasteiger partial charge in [-0.15, -0.1) is 11.3 Å². The lowest BCUT2D eigenvalue weighted by molar-refractivity contribution is 0.112. The van der Waals surface area contributed by atoms with Crippen molar-refractivity contribution < 1.29 is 18.4 Å². The van der Waals surface area contributed by atoms with Crippen molar-refractivity contribution in [1.29, 1.82) is 0 Å². The van der Waals surface area contributed by atoms with Gasteiger partial charge in [0.2, 0.25) is 0 Å². The number of hydrogen-bond donors (Lipinski definition) is 2. The molecule has 4 N–H and O–H groups in total. The van der Waals surface area contributed by atoms with E-state index in [2.05, 4.69) is 31.9 Å². The molecule has 2 rings (SSSR count). The van der Waals surface area contributed by atoms with Gasteiger partial charge in [0, 0.05) is 29.2 Å². The number of hydrogen-bond acceptors (Lipinski definition) is 5. The van der Waals surface area contributed by atoms with E-state index in [9.17, 15) is 18.4 Å². The largest absolute Gasteiger partial charge is 0.402 e. The summed E-state index contributed by atoms with van der Waals surface area (Å²) in [5, 5.41) is 0.571. The van der Waals surface area contributed by atoms with Crippen molar-refractivity contribution in [1.82, 2.24) is 4.90 Å².